The van der Waals surface area contributed by atoms with E-state index in [0.717, 1.165) is 0 Å². The highest BCUT2D eigenvalue weighted by Crippen LogP contribution is 2.31. The lowest BCUT2D eigenvalue weighted by Crippen LogP contribution is -2.48. The molecule has 104 valence electrons. The first-order valence-electron chi connectivity index (χ1n) is 6.80. The molecule has 0 saturated heterocycles. The van der Waals surface area contributed by atoms with E-state index in [9.17, 15) is 4.79 Å². The maximum atomic E-state index is 11.5. The molecule has 2 aromatic carbocycles. The number of rotatable bonds is 5. The number of hydrogen-bond acceptors (Lipinski definition) is 1. The zero-order chi connectivity index (χ0) is 14.6. The Balaban J connectivity index is 2.43. The molecule has 0 N–H and O–H groups in total. The smallest absolute Gasteiger partial charge is 0.221 e. The molecular weight excluding hydrogens is 284 g/mol. The van der Waals surface area contributed by atoms with Gasteiger partial charge in [0.1, 0.15) is 0 Å². The van der Waals surface area contributed by atoms with Gasteiger partial charge in [-0.1, -0.05) is 78.9 Å². The van der Waals surface area contributed by atoms with Crippen molar-refractivity contribution in [3.63, 3.8) is 0 Å². The molecule has 3 heteroatoms. The molecule has 0 aliphatic rings. The summed E-state index contributed by atoms with van der Waals surface area (Å²) in [6.07, 6.45) is 0.402. The van der Waals surface area contributed by atoms with Crippen LogP contribution >= 0.6 is 11.6 Å². The third-order valence-corrected chi connectivity index (χ3v) is 8.21. The van der Waals surface area contributed by atoms with Crippen LogP contribution in [0.4, 0.5) is 0 Å². The van der Waals surface area contributed by atoms with Gasteiger partial charge in [-0.05, 0) is 22.7 Å². The van der Waals surface area contributed by atoms with Gasteiger partial charge in [0.25, 0.3) is 0 Å². The zero-order valence-electron chi connectivity index (χ0n) is 11.8. The van der Waals surface area contributed by atoms with Crippen molar-refractivity contribution in [1.29, 1.82) is 0 Å². The Labute approximate surface area is 126 Å². The summed E-state index contributed by atoms with van der Waals surface area (Å²) < 4.78 is 0. The second-order valence-electron chi connectivity index (χ2n) is 5.61. The highest BCUT2D eigenvalue weighted by atomic mass is 35.5. The van der Waals surface area contributed by atoms with Gasteiger partial charge in [0.15, 0.2) is 0 Å². The standard InChI is InChI=1S/C17H19ClOSi/c1-20(2,15-11-7-4-8-12-15)16(13-17(18)19)14-9-5-3-6-10-14/h3-12,16H,13H2,1-2H3/t16-/m1/s1. The largest absolute Gasteiger partial charge is 0.281 e. The summed E-state index contributed by atoms with van der Waals surface area (Å²) in [7, 11) is -1.82. The molecule has 0 spiro atoms. The molecule has 0 amide bonds. The second kappa shape index (κ2) is 6.38. The van der Waals surface area contributed by atoms with Crippen LogP contribution in [-0.2, 0) is 4.79 Å². The molecule has 0 bridgehead atoms. The lowest BCUT2D eigenvalue weighted by atomic mass is 10.1. The monoisotopic (exact) mass is 302 g/mol. The molecule has 2 aromatic rings. The molecule has 0 unspecified atom stereocenters. The molecule has 0 aliphatic heterocycles. The van der Waals surface area contributed by atoms with Gasteiger partial charge in [-0.2, -0.15) is 0 Å². The minimum absolute atomic E-state index is 0.205. The summed E-state index contributed by atoms with van der Waals surface area (Å²) in [5, 5.41) is 1.10. The first-order valence-corrected chi connectivity index (χ1v) is 10.3. The van der Waals surface area contributed by atoms with Crippen LogP contribution in [0.5, 0.6) is 0 Å². The van der Waals surface area contributed by atoms with Gasteiger partial charge in [0.2, 0.25) is 5.24 Å². The van der Waals surface area contributed by atoms with Crippen molar-refractivity contribution in [3.8, 4) is 0 Å². The molecule has 0 radical (unpaired) electrons. The minimum Gasteiger partial charge on any atom is -0.281 e. The molecule has 0 heterocycles. The highest BCUT2D eigenvalue weighted by Gasteiger charge is 2.35. The topological polar surface area (TPSA) is 17.1 Å². The lowest BCUT2D eigenvalue weighted by Gasteiger charge is -2.32. The van der Waals surface area contributed by atoms with E-state index in [2.05, 4.69) is 49.5 Å². The van der Waals surface area contributed by atoms with Gasteiger partial charge >= 0.3 is 0 Å². The Morgan fingerprint density at radius 1 is 1.00 bits per heavy atom. The summed E-state index contributed by atoms with van der Waals surface area (Å²) >= 11 is 5.70. The Bertz CT molecular complexity index is 566. The summed E-state index contributed by atoms with van der Waals surface area (Å²) in [5.41, 5.74) is 1.41. The first kappa shape index (κ1) is 15.0. The van der Waals surface area contributed by atoms with Gasteiger partial charge in [-0.3, -0.25) is 4.79 Å². The summed E-state index contributed by atoms with van der Waals surface area (Å²) in [6.45, 7) is 4.61. The summed E-state index contributed by atoms with van der Waals surface area (Å²) in [4.78, 5) is 11.5. The minimum atomic E-state index is -1.82. The fourth-order valence-electron chi connectivity index (χ4n) is 2.70. The molecule has 20 heavy (non-hydrogen) atoms. The molecule has 0 aromatic heterocycles. The first-order chi connectivity index (χ1) is 9.51. The van der Waals surface area contributed by atoms with Crippen molar-refractivity contribution in [2.75, 3.05) is 0 Å². The van der Waals surface area contributed by atoms with Crippen LogP contribution in [0.15, 0.2) is 60.7 Å². The summed E-state index contributed by atoms with van der Waals surface area (Å²) in [5.74, 6) is 0. The predicted molar refractivity (Wildman–Crippen MR) is 88.2 cm³/mol. The Kier molecular flexibility index (Phi) is 4.79. The number of carbonyl (C=O) groups excluding carboxylic acids is 1. The van der Waals surface area contributed by atoms with E-state index in [-0.39, 0.29) is 10.8 Å². The van der Waals surface area contributed by atoms with Crippen LogP contribution in [0.25, 0.3) is 0 Å². The Morgan fingerprint density at radius 3 is 2.00 bits per heavy atom. The normalized spacial score (nSPS) is 12.9. The van der Waals surface area contributed by atoms with Crippen LogP contribution in [0.1, 0.15) is 17.5 Å². The van der Waals surface area contributed by atoms with E-state index in [4.69, 9.17) is 11.6 Å². The van der Waals surface area contributed by atoms with E-state index in [1.54, 1.807) is 0 Å². The Morgan fingerprint density at radius 2 is 1.50 bits per heavy atom. The molecule has 1 atom stereocenters. The van der Waals surface area contributed by atoms with Crippen LogP contribution in [0.2, 0.25) is 13.1 Å². The molecular formula is C17H19ClOSi. The van der Waals surface area contributed by atoms with Crippen LogP contribution in [0, 0.1) is 0 Å². The third kappa shape index (κ3) is 3.38. The van der Waals surface area contributed by atoms with Crippen molar-refractivity contribution >= 4 is 30.1 Å². The SMILES string of the molecule is C[Si](C)(c1ccccc1)[C@H](CC(=O)Cl)c1ccccc1. The number of benzene rings is 2. The number of carbonyl (C=O) groups is 1. The second-order valence-corrected chi connectivity index (χ2v) is 10.7. The van der Waals surface area contributed by atoms with Gasteiger partial charge < -0.3 is 0 Å². The van der Waals surface area contributed by atoms with Gasteiger partial charge in [-0.15, -0.1) is 0 Å². The van der Waals surface area contributed by atoms with Crippen LogP contribution in [0.3, 0.4) is 0 Å². The van der Waals surface area contributed by atoms with Crippen molar-refractivity contribution in [2.45, 2.75) is 25.1 Å². The maximum Gasteiger partial charge on any atom is 0.221 e. The van der Waals surface area contributed by atoms with Gasteiger partial charge in [0.05, 0.1) is 8.07 Å². The number of hydrogen-bond donors (Lipinski definition) is 0. The lowest BCUT2D eigenvalue weighted by molar-refractivity contribution is -0.111. The van der Waals surface area contributed by atoms with Crippen molar-refractivity contribution < 1.29 is 4.79 Å². The maximum absolute atomic E-state index is 11.5. The van der Waals surface area contributed by atoms with E-state index in [1.165, 1.54) is 10.8 Å². The molecule has 0 aliphatic carbocycles. The molecule has 2 rings (SSSR count). The number of halogens is 1. The molecule has 1 nitrogen and oxygen atoms in total. The van der Waals surface area contributed by atoms with E-state index in [1.807, 2.05) is 24.3 Å². The average Bonchev–Trinajstić information content (AvgIpc) is 2.46. The molecule has 0 fully saturated rings. The Hall–Kier alpha value is -1.38. The fourth-order valence-corrected chi connectivity index (χ4v) is 6.16. The predicted octanol–water partition coefficient (Wildman–Crippen LogP) is 4.08. The van der Waals surface area contributed by atoms with Crippen molar-refractivity contribution in [2.24, 2.45) is 0 Å². The quantitative estimate of drug-likeness (QED) is 0.601. The van der Waals surface area contributed by atoms with Gasteiger partial charge in [0, 0.05) is 6.42 Å². The molecule has 0 saturated carbocycles. The van der Waals surface area contributed by atoms with E-state index < -0.39 is 8.07 Å². The fraction of sp³-hybridized carbons (Fsp3) is 0.235. The van der Waals surface area contributed by atoms with Gasteiger partial charge in [-0.25, -0.2) is 0 Å². The average molecular weight is 303 g/mol. The van der Waals surface area contributed by atoms with Crippen LogP contribution < -0.4 is 5.19 Å². The van der Waals surface area contributed by atoms with E-state index >= 15 is 0 Å². The van der Waals surface area contributed by atoms with Crippen LogP contribution in [-0.4, -0.2) is 13.3 Å². The van der Waals surface area contributed by atoms with Crippen molar-refractivity contribution in [1.82, 2.24) is 0 Å². The third-order valence-electron chi connectivity index (χ3n) is 3.96. The summed E-state index contributed by atoms with van der Waals surface area (Å²) in [6, 6.07) is 20.7. The van der Waals surface area contributed by atoms with E-state index in [0.29, 0.717) is 6.42 Å². The zero-order valence-corrected chi connectivity index (χ0v) is 13.6. The van der Waals surface area contributed by atoms with Crippen molar-refractivity contribution in [3.05, 3.63) is 66.2 Å². The highest BCUT2D eigenvalue weighted by molar-refractivity contribution is 6.91.